The van der Waals surface area contributed by atoms with Crippen molar-refractivity contribution >= 4 is 13.0 Å². The molecule has 1 aliphatic carbocycles. The van der Waals surface area contributed by atoms with Gasteiger partial charge in [0, 0.05) is 12.1 Å². The number of nitriles is 2. The van der Waals surface area contributed by atoms with Gasteiger partial charge in [-0.1, -0.05) is 24.3 Å². The highest BCUT2D eigenvalue weighted by molar-refractivity contribution is 6.54. The molecule has 1 aromatic heterocycles. The summed E-state index contributed by atoms with van der Waals surface area (Å²) in [5.41, 5.74) is 2.06. The van der Waals surface area contributed by atoms with Crippen LogP contribution in [0.1, 0.15) is 6.42 Å². The molecule has 1 heterocycles. The SMILES string of the molecule is Cn1cc[n+](C)c1[B-]C1C(C#N)=CCC(C#N)=C1Oc1ccccc1. The van der Waals surface area contributed by atoms with E-state index in [1.165, 1.54) is 0 Å². The summed E-state index contributed by atoms with van der Waals surface area (Å²) in [7, 11) is 5.85. The Kier molecular flexibility index (Phi) is 4.72. The molecule has 1 aromatic carbocycles. The zero-order chi connectivity index (χ0) is 17.8. The lowest BCUT2D eigenvalue weighted by molar-refractivity contribution is -0.653. The van der Waals surface area contributed by atoms with E-state index in [0.717, 1.165) is 5.72 Å². The molecule has 1 aliphatic rings. The molecular formula is C19H17BN4O. The number of aromatic nitrogens is 2. The van der Waals surface area contributed by atoms with Crippen LogP contribution < -0.4 is 15.0 Å². The van der Waals surface area contributed by atoms with Crippen LogP contribution in [0, 0.1) is 22.7 Å². The molecule has 122 valence electrons. The molecule has 0 saturated heterocycles. The van der Waals surface area contributed by atoms with Gasteiger partial charge >= 0.3 is 0 Å². The fourth-order valence-corrected chi connectivity index (χ4v) is 2.88. The molecule has 1 unspecified atom stereocenters. The van der Waals surface area contributed by atoms with Crippen LogP contribution in [-0.2, 0) is 14.1 Å². The van der Waals surface area contributed by atoms with Gasteiger partial charge in [0.1, 0.15) is 18.1 Å². The Morgan fingerprint density at radius 1 is 1.24 bits per heavy atom. The Hall–Kier alpha value is -3.25. The molecule has 0 bridgehead atoms. The molecule has 25 heavy (non-hydrogen) atoms. The van der Waals surface area contributed by atoms with Gasteiger partial charge in [-0.15, -0.1) is 5.82 Å². The summed E-state index contributed by atoms with van der Waals surface area (Å²) in [5, 5.41) is 19.1. The predicted octanol–water partition coefficient (Wildman–Crippen LogP) is 1.68. The normalized spacial score (nSPS) is 16.8. The minimum absolute atomic E-state index is 0.395. The summed E-state index contributed by atoms with van der Waals surface area (Å²) in [5.74, 6) is 0.779. The van der Waals surface area contributed by atoms with Crippen LogP contribution in [0.2, 0.25) is 5.82 Å². The van der Waals surface area contributed by atoms with Gasteiger partial charge < -0.3 is 4.74 Å². The molecule has 0 amide bonds. The van der Waals surface area contributed by atoms with Crippen molar-refractivity contribution in [3.05, 3.63) is 65.7 Å². The van der Waals surface area contributed by atoms with Crippen molar-refractivity contribution in [3.8, 4) is 17.9 Å². The topological polar surface area (TPSA) is 65.6 Å². The lowest BCUT2D eigenvalue weighted by Crippen LogP contribution is -2.51. The summed E-state index contributed by atoms with van der Waals surface area (Å²) < 4.78 is 9.98. The number of hydrogen-bond donors (Lipinski definition) is 0. The first-order chi connectivity index (χ1) is 12.1. The number of para-hydroxylation sites is 1. The van der Waals surface area contributed by atoms with Gasteiger partial charge in [0.25, 0.3) is 0 Å². The van der Waals surface area contributed by atoms with E-state index in [4.69, 9.17) is 4.74 Å². The van der Waals surface area contributed by atoms with E-state index in [9.17, 15) is 10.5 Å². The van der Waals surface area contributed by atoms with Crippen molar-refractivity contribution in [2.45, 2.75) is 12.2 Å². The molecule has 1 atom stereocenters. The molecule has 3 rings (SSSR count). The second-order valence-electron chi connectivity index (χ2n) is 5.87. The van der Waals surface area contributed by atoms with E-state index < -0.39 is 5.82 Å². The fraction of sp³-hybridized carbons (Fsp3) is 0.211. The average molecular weight is 328 g/mol. The Bertz CT molecular complexity index is 909. The summed E-state index contributed by atoms with van der Waals surface area (Å²) in [4.78, 5) is 0. The highest BCUT2D eigenvalue weighted by Gasteiger charge is 2.23. The van der Waals surface area contributed by atoms with E-state index in [1.54, 1.807) is 6.08 Å². The molecule has 2 aromatic rings. The summed E-state index contributed by atoms with van der Waals surface area (Å²) in [6.45, 7) is 0. The van der Waals surface area contributed by atoms with Crippen LogP contribution >= 0.6 is 0 Å². The van der Waals surface area contributed by atoms with Crippen molar-refractivity contribution in [1.29, 1.82) is 10.5 Å². The first-order valence-corrected chi connectivity index (χ1v) is 7.96. The molecule has 0 aliphatic heterocycles. The molecule has 0 spiro atoms. The van der Waals surface area contributed by atoms with Crippen molar-refractivity contribution in [3.63, 3.8) is 0 Å². The van der Waals surface area contributed by atoms with E-state index in [2.05, 4.69) is 12.1 Å². The van der Waals surface area contributed by atoms with Crippen LogP contribution in [0.5, 0.6) is 5.75 Å². The number of aryl methyl sites for hydroxylation is 2. The minimum atomic E-state index is -0.395. The quantitative estimate of drug-likeness (QED) is 0.633. The number of ether oxygens (including phenoxy) is 1. The number of nitrogens with zero attached hydrogens (tertiary/aromatic N) is 4. The van der Waals surface area contributed by atoms with Crippen molar-refractivity contribution in [2.24, 2.45) is 14.1 Å². The third kappa shape index (κ3) is 3.34. The van der Waals surface area contributed by atoms with Gasteiger partial charge in [0.2, 0.25) is 0 Å². The smallest absolute Gasteiger partial charge is 0.126 e. The number of allylic oxidation sites excluding steroid dienone is 3. The van der Waals surface area contributed by atoms with Crippen LogP contribution in [0.25, 0.3) is 0 Å². The number of imidazole rings is 1. The largest absolute Gasteiger partial charge is 0.464 e. The van der Waals surface area contributed by atoms with Crippen molar-refractivity contribution in [1.82, 2.24) is 4.57 Å². The second kappa shape index (κ2) is 7.11. The highest BCUT2D eigenvalue weighted by atomic mass is 16.5. The Labute approximate surface area is 147 Å². The zero-order valence-electron chi connectivity index (χ0n) is 14.2. The Morgan fingerprint density at radius 3 is 2.60 bits per heavy atom. The van der Waals surface area contributed by atoms with Crippen molar-refractivity contribution in [2.75, 3.05) is 0 Å². The van der Waals surface area contributed by atoms with Crippen LogP contribution in [0.3, 0.4) is 0 Å². The molecular weight excluding hydrogens is 311 g/mol. The van der Waals surface area contributed by atoms with Crippen LogP contribution in [-0.4, -0.2) is 11.8 Å². The fourth-order valence-electron chi connectivity index (χ4n) is 2.88. The maximum Gasteiger partial charge on any atom is 0.126 e. The number of rotatable bonds is 4. The lowest BCUT2D eigenvalue weighted by atomic mass is 9.57. The maximum absolute atomic E-state index is 9.56. The van der Waals surface area contributed by atoms with Gasteiger partial charge in [-0.25, -0.2) is 0 Å². The van der Waals surface area contributed by atoms with Gasteiger partial charge in [0.15, 0.2) is 0 Å². The van der Waals surface area contributed by atoms with Gasteiger partial charge in [-0.05, 0) is 17.7 Å². The van der Waals surface area contributed by atoms with Gasteiger partial charge in [-0.3, -0.25) is 9.13 Å². The summed E-state index contributed by atoms with van der Waals surface area (Å²) >= 11 is 0. The average Bonchev–Trinajstić information content (AvgIpc) is 2.95. The van der Waals surface area contributed by atoms with Crippen LogP contribution in [0.15, 0.2) is 65.7 Å². The van der Waals surface area contributed by atoms with E-state index in [1.807, 2.05) is 73.2 Å². The first kappa shape index (κ1) is 16.6. The first-order valence-electron chi connectivity index (χ1n) is 7.96. The number of benzene rings is 1. The third-order valence-corrected chi connectivity index (χ3v) is 4.23. The zero-order valence-corrected chi connectivity index (χ0v) is 14.2. The minimum Gasteiger partial charge on any atom is -0.464 e. The monoisotopic (exact) mass is 328 g/mol. The Balaban J connectivity index is 2.01. The molecule has 5 nitrogen and oxygen atoms in total. The van der Waals surface area contributed by atoms with E-state index >= 15 is 0 Å². The molecule has 0 N–H and O–H groups in total. The van der Waals surface area contributed by atoms with E-state index in [0.29, 0.717) is 29.1 Å². The second-order valence-corrected chi connectivity index (χ2v) is 5.87. The Morgan fingerprint density at radius 2 is 2.00 bits per heavy atom. The lowest BCUT2D eigenvalue weighted by Gasteiger charge is -2.32. The van der Waals surface area contributed by atoms with E-state index in [-0.39, 0.29) is 0 Å². The van der Waals surface area contributed by atoms with Gasteiger partial charge in [-0.2, -0.15) is 17.8 Å². The molecule has 0 saturated carbocycles. The maximum atomic E-state index is 9.56. The summed E-state index contributed by atoms with van der Waals surface area (Å²) in [6, 6.07) is 13.8. The third-order valence-electron chi connectivity index (χ3n) is 4.23. The van der Waals surface area contributed by atoms with Gasteiger partial charge in [0.05, 0.1) is 37.6 Å². The highest BCUT2D eigenvalue weighted by Crippen LogP contribution is 2.35. The standard InChI is InChI=1S/C19H17BN4O/c1-23-10-11-24(2)19(23)20-17-14(12-21)8-9-15(13-22)18(17)25-16-6-4-3-5-7-16/h3-8,10-11,17H,9H2,1-2H3. The molecule has 6 heteroatoms. The molecule has 2 radical (unpaired) electrons. The number of hydrogen-bond acceptors (Lipinski definition) is 3. The molecule has 0 fully saturated rings. The van der Waals surface area contributed by atoms with Crippen molar-refractivity contribution < 1.29 is 9.30 Å². The predicted molar refractivity (Wildman–Crippen MR) is 93.7 cm³/mol. The van der Waals surface area contributed by atoms with Crippen LogP contribution in [0.4, 0.5) is 0 Å². The summed E-state index contributed by atoms with van der Waals surface area (Å²) in [6.07, 6.45) is 6.10.